The zero-order chi connectivity index (χ0) is 23.4. The van der Waals surface area contributed by atoms with E-state index in [-0.39, 0.29) is 17.0 Å². The summed E-state index contributed by atoms with van der Waals surface area (Å²) in [7, 11) is 2.17. The minimum absolute atomic E-state index is 0.0336. The number of benzene rings is 1. The molecular weight excluding hydrogens is 384 g/mol. The van der Waals surface area contributed by atoms with E-state index in [1.165, 1.54) is 22.3 Å². The summed E-state index contributed by atoms with van der Waals surface area (Å²) in [5.74, 6) is 0.427. The first-order valence-electron chi connectivity index (χ1n) is 11.7. The molecule has 0 radical (unpaired) electrons. The molecule has 1 aromatic carbocycles. The van der Waals surface area contributed by atoms with Crippen LogP contribution in [0.1, 0.15) is 89.0 Å². The molecule has 0 saturated carbocycles. The lowest BCUT2D eigenvalue weighted by molar-refractivity contribution is 0.0154. The highest BCUT2D eigenvalue weighted by Gasteiger charge is 2.51. The Bertz CT molecular complexity index is 870. The molecule has 1 fully saturated rings. The lowest BCUT2D eigenvalue weighted by Gasteiger charge is -2.45. The number of piperidine rings is 1. The van der Waals surface area contributed by atoms with E-state index in [0.29, 0.717) is 5.92 Å². The van der Waals surface area contributed by atoms with Crippen molar-refractivity contribution in [2.45, 2.75) is 97.1 Å². The molecule has 1 aliphatic carbocycles. The molecule has 172 valence electrons. The maximum atomic E-state index is 12.6. The molecule has 1 unspecified atom stereocenters. The van der Waals surface area contributed by atoms with Gasteiger partial charge in [0, 0.05) is 37.3 Å². The van der Waals surface area contributed by atoms with Crippen LogP contribution in [0.25, 0.3) is 0 Å². The summed E-state index contributed by atoms with van der Waals surface area (Å²) >= 11 is 0. The zero-order valence-corrected chi connectivity index (χ0v) is 21.2. The highest BCUT2D eigenvalue weighted by Crippen LogP contribution is 2.56. The minimum Gasteiger partial charge on any atom is -0.444 e. The maximum Gasteiger partial charge on any atom is 0.410 e. The molecule has 0 N–H and O–H groups in total. The van der Waals surface area contributed by atoms with E-state index in [2.05, 4.69) is 65.3 Å². The van der Waals surface area contributed by atoms with Gasteiger partial charge in [-0.25, -0.2) is 4.79 Å². The molecule has 1 amide bonds. The van der Waals surface area contributed by atoms with Crippen molar-refractivity contribution in [1.29, 1.82) is 0 Å². The van der Waals surface area contributed by atoms with Gasteiger partial charge in [0.2, 0.25) is 0 Å². The lowest BCUT2D eigenvalue weighted by Crippen LogP contribution is -2.47. The topological polar surface area (TPSA) is 32.8 Å². The van der Waals surface area contributed by atoms with E-state index in [1.807, 2.05) is 25.7 Å². The average Bonchev–Trinajstić information content (AvgIpc) is 2.94. The van der Waals surface area contributed by atoms with Crippen molar-refractivity contribution in [3.8, 4) is 0 Å². The summed E-state index contributed by atoms with van der Waals surface area (Å²) in [6, 6.07) is 4.86. The van der Waals surface area contributed by atoms with Crippen LogP contribution in [0.3, 0.4) is 0 Å². The van der Waals surface area contributed by atoms with Gasteiger partial charge in [-0.3, -0.25) is 0 Å². The van der Waals surface area contributed by atoms with Crippen molar-refractivity contribution >= 4 is 6.09 Å². The fourth-order valence-electron chi connectivity index (χ4n) is 5.47. The van der Waals surface area contributed by atoms with E-state index in [9.17, 15) is 4.79 Å². The van der Waals surface area contributed by atoms with Crippen LogP contribution in [0.5, 0.6) is 0 Å². The third-order valence-corrected chi connectivity index (χ3v) is 7.87. The molecule has 1 spiro atoms. The fraction of sp³-hybridized carbons (Fsp3) is 0.667. The van der Waals surface area contributed by atoms with Crippen LogP contribution in [0.15, 0.2) is 24.4 Å². The first-order valence-corrected chi connectivity index (χ1v) is 11.7. The average molecular weight is 427 g/mol. The van der Waals surface area contributed by atoms with E-state index in [4.69, 9.17) is 4.74 Å². The van der Waals surface area contributed by atoms with Crippen molar-refractivity contribution < 1.29 is 9.53 Å². The first kappa shape index (κ1) is 23.7. The van der Waals surface area contributed by atoms with Crippen molar-refractivity contribution in [2.24, 2.45) is 0 Å². The van der Waals surface area contributed by atoms with Gasteiger partial charge in [0.15, 0.2) is 0 Å². The Balaban J connectivity index is 1.93. The molecule has 31 heavy (non-hydrogen) atoms. The van der Waals surface area contributed by atoms with Gasteiger partial charge in [0.1, 0.15) is 5.60 Å². The Hall–Kier alpha value is -1.97. The number of rotatable bonds is 3. The number of carbonyl (C=O) groups is 1. The number of fused-ring (bicyclic) bond motifs is 2. The summed E-state index contributed by atoms with van der Waals surface area (Å²) in [4.78, 5) is 16.9. The van der Waals surface area contributed by atoms with Crippen molar-refractivity contribution in [1.82, 2.24) is 9.80 Å². The highest BCUT2D eigenvalue weighted by atomic mass is 16.6. The number of nitrogens with zero attached hydrogens (tertiary/aromatic N) is 2. The smallest absolute Gasteiger partial charge is 0.410 e. The standard InChI is InChI=1S/C27H42N2O2/c1-18(2)28(10)26(8,9)23-17-27(22-16-20(4)19(3)15-21(22)23)11-13-29(14-12-27)24(30)31-25(5,6)7/h15-16,23H,1,11-14,17H2,2-10H3. The SMILES string of the molecule is C=C(C)N(C)C(C)(C)C1CC2(CCN(C(=O)OC(C)(C)C)CC2)c2cc(C)c(C)cc21. The number of likely N-dealkylation sites (N-methyl/N-ethyl adjacent to an activating group) is 1. The molecule has 2 aliphatic rings. The van der Waals surface area contributed by atoms with Crippen molar-refractivity contribution in [3.63, 3.8) is 0 Å². The number of likely N-dealkylation sites (tertiary alicyclic amines) is 1. The largest absolute Gasteiger partial charge is 0.444 e. The number of aryl methyl sites for hydroxylation is 2. The molecular formula is C27H42N2O2. The highest BCUT2D eigenvalue weighted by molar-refractivity contribution is 5.68. The van der Waals surface area contributed by atoms with Crippen molar-refractivity contribution in [2.75, 3.05) is 20.1 Å². The number of ether oxygens (including phenoxy) is 1. The molecule has 0 bridgehead atoms. The second-order valence-electron chi connectivity index (χ2n) is 11.5. The Morgan fingerprint density at radius 2 is 1.68 bits per heavy atom. The number of hydrogen-bond acceptors (Lipinski definition) is 3. The molecule has 1 atom stereocenters. The minimum atomic E-state index is -0.455. The summed E-state index contributed by atoms with van der Waals surface area (Å²) < 4.78 is 5.64. The fourth-order valence-corrected chi connectivity index (χ4v) is 5.47. The van der Waals surface area contributed by atoms with E-state index in [0.717, 1.165) is 38.0 Å². The molecule has 1 heterocycles. The van der Waals surface area contributed by atoms with Crippen LogP contribution in [0.2, 0.25) is 0 Å². The van der Waals surface area contributed by atoms with Crippen LogP contribution >= 0.6 is 0 Å². The van der Waals surface area contributed by atoms with Crippen molar-refractivity contribution in [3.05, 3.63) is 46.7 Å². The number of hydrogen-bond donors (Lipinski definition) is 0. The molecule has 1 aliphatic heterocycles. The molecule has 0 aromatic heterocycles. The quantitative estimate of drug-likeness (QED) is 0.568. The maximum absolute atomic E-state index is 12.6. The summed E-state index contributed by atoms with van der Waals surface area (Å²) in [5.41, 5.74) is 6.46. The molecule has 1 aromatic rings. The third-order valence-electron chi connectivity index (χ3n) is 7.87. The Kier molecular flexibility index (Phi) is 6.01. The molecule has 3 rings (SSSR count). The Labute approximate surface area is 189 Å². The second kappa shape index (κ2) is 7.86. The zero-order valence-electron chi connectivity index (χ0n) is 21.2. The number of carbonyl (C=O) groups excluding carboxylic acids is 1. The normalized spacial score (nSPS) is 20.5. The summed E-state index contributed by atoms with van der Waals surface area (Å²) in [5, 5.41) is 0. The number of allylic oxidation sites excluding steroid dienone is 1. The first-order chi connectivity index (χ1) is 14.2. The predicted molar refractivity (Wildman–Crippen MR) is 129 cm³/mol. The van der Waals surface area contributed by atoms with E-state index in [1.54, 1.807) is 0 Å². The van der Waals surface area contributed by atoms with Crippen LogP contribution in [0, 0.1) is 13.8 Å². The molecule has 1 saturated heterocycles. The van der Waals surface area contributed by atoms with Gasteiger partial charge in [0.25, 0.3) is 0 Å². The Morgan fingerprint density at radius 3 is 2.19 bits per heavy atom. The van der Waals surface area contributed by atoms with E-state index < -0.39 is 5.60 Å². The van der Waals surface area contributed by atoms with Gasteiger partial charge < -0.3 is 14.5 Å². The van der Waals surface area contributed by atoms with E-state index >= 15 is 0 Å². The van der Waals surface area contributed by atoms with Gasteiger partial charge in [-0.1, -0.05) is 18.7 Å². The summed E-state index contributed by atoms with van der Waals surface area (Å²) in [6.07, 6.45) is 2.92. The van der Waals surface area contributed by atoms with Gasteiger partial charge >= 0.3 is 6.09 Å². The second-order valence-corrected chi connectivity index (χ2v) is 11.5. The number of amides is 1. The predicted octanol–water partition coefficient (Wildman–Crippen LogP) is 6.30. The lowest BCUT2D eigenvalue weighted by atomic mass is 9.71. The Morgan fingerprint density at radius 1 is 1.13 bits per heavy atom. The van der Waals surface area contributed by atoms with Crippen LogP contribution in [0.4, 0.5) is 4.79 Å². The van der Waals surface area contributed by atoms with Gasteiger partial charge in [0.05, 0.1) is 0 Å². The van der Waals surface area contributed by atoms with Gasteiger partial charge in [-0.2, -0.15) is 0 Å². The monoisotopic (exact) mass is 426 g/mol. The summed E-state index contributed by atoms with van der Waals surface area (Å²) in [6.45, 7) is 22.7. The van der Waals surface area contributed by atoms with Gasteiger partial charge in [-0.15, -0.1) is 0 Å². The van der Waals surface area contributed by atoms with Crippen LogP contribution < -0.4 is 0 Å². The third kappa shape index (κ3) is 4.36. The van der Waals surface area contributed by atoms with Crippen LogP contribution in [-0.4, -0.2) is 47.2 Å². The van der Waals surface area contributed by atoms with Crippen LogP contribution in [-0.2, 0) is 10.2 Å². The molecule has 4 nitrogen and oxygen atoms in total. The van der Waals surface area contributed by atoms with Gasteiger partial charge in [-0.05, 0) is 102 Å². The molecule has 4 heteroatoms.